The Balaban J connectivity index is 2.16. The first kappa shape index (κ1) is 13.7. The van der Waals surface area contributed by atoms with Crippen molar-refractivity contribution in [2.75, 3.05) is 32.6 Å². The maximum atomic E-state index is 10.7. The van der Waals surface area contributed by atoms with Gasteiger partial charge in [-0.15, -0.1) is 0 Å². The summed E-state index contributed by atoms with van der Waals surface area (Å²) in [6, 6.07) is 5.71. The Bertz CT molecular complexity index is 454. The molecule has 1 aliphatic heterocycles. The van der Waals surface area contributed by atoms with E-state index in [4.69, 9.17) is 9.84 Å². The Morgan fingerprint density at radius 3 is 2.68 bits per heavy atom. The predicted octanol–water partition coefficient (Wildman–Crippen LogP) is 2.59. The summed E-state index contributed by atoms with van der Waals surface area (Å²) in [5.41, 5.74) is 1.72. The lowest BCUT2D eigenvalue weighted by Gasteiger charge is -2.29. The molecule has 0 saturated carbocycles. The van der Waals surface area contributed by atoms with Gasteiger partial charge in [0.05, 0.1) is 12.8 Å². The largest absolute Gasteiger partial charge is 0.495 e. The average Bonchev–Trinajstić information content (AvgIpc) is 2.39. The molecule has 5 nitrogen and oxygen atoms in total. The summed E-state index contributed by atoms with van der Waals surface area (Å²) in [6.07, 6.45) is 1.18. The van der Waals surface area contributed by atoms with Gasteiger partial charge in [0, 0.05) is 0 Å². The van der Waals surface area contributed by atoms with E-state index in [9.17, 15) is 4.79 Å². The number of nitrogens with zero attached hydrogens (tertiary/aromatic N) is 1. The van der Waals surface area contributed by atoms with Crippen LogP contribution in [0.15, 0.2) is 18.2 Å². The van der Waals surface area contributed by atoms with Crippen LogP contribution in [-0.4, -0.2) is 43.3 Å². The van der Waals surface area contributed by atoms with Gasteiger partial charge in [-0.1, -0.05) is 6.07 Å². The van der Waals surface area contributed by atoms with Crippen LogP contribution in [0.5, 0.6) is 5.75 Å². The number of hydrogen-bond acceptors (Lipinski definition) is 3. The number of methoxy groups -OCH3 is 1. The van der Waals surface area contributed by atoms with Crippen molar-refractivity contribution in [2.45, 2.75) is 18.8 Å². The lowest BCUT2D eigenvalue weighted by atomic mass is 9.89. The van der Waals surface area contributed by atoms with Crippen LogP contribution >= 0.6 is 0 Å². The molecule has 2 N–H and O–H groups in total. The zero-order chi connectivity index (χ0) is 13.8. The summed E-state index contributed by atoms with van der Waals surface area (Å²) < 4.78 is 5.26. The number of amides is 1. The van der Waals surface area contributed by atoms with Crippen molar-refractivity contribution in [3.05, 3.63) is 23.8 Å². The standard InChI is InChI=1S/C14H20N2O3/c1-16-7-5-10(6-8-16)11-3-4-12(15-14(17)18)13(9-11)19-2/h3-4,9-10,15H,5-8H2,1-2H3,(H,17,18). The van der Waals surface area contributed by atoms with Crippen molar-refractivity contribution in [3.63, 3.8) is 0 Å². The van der Waals surface area contributed by atoms with Crippen molar-refractivity contribution in [1.82, 2.24) is 4.90 Å². The zero-order valence-corrected chi connectivity index (χ0v) is 11.3. The average molecular weight is 264 g/mol. The third kappa shape index (κ3) is 3.38. The van der Waals surface area contributed by atoms with Crippen LogP contribution in [0.25, 0.3) is 0 Å². The summed E-state index contributed by atoms with van der Waals surface area (Å²) in [6.45, 7) is 2.20. The van der Waals surface area contributed by atoms with Gasteiger partial charge in [0.15, 0.2) is 0 Å². The molecule has 1 amide bonds. The molecular formula is C14H20N2O3. The first-order chi connectivity index (χ1) is 9.10. The molecular weight excluding hydrogens is 244 g/mol. The highest BCUT2D eigenvalue weighted by molar-refractivity contribution is 5.85. The van der Waals surface area contributed by atoms with Crippen molar-refractivity contribution in [2.24, 2.45) is 0 Å². The van der Waals surface area contributed by atoms with Crippen LogP contribution in [0.1, 0.15) is 24.3 Å². The Morgan fingerprint density at radius 1 is 1.42 bits per heavy atom. The van der Waals surface area contributed by atoms with E-state index in [0.29, 0.717) is 17.4 Å². The summed E-state index contributed by atoms with van der Waals surface area (Å²) in [4.78, 5) is 13.0. The number of piperidine rings is 1. The third-order valence-electron chi connectivity index (χ3n) is 3.66. The topological polar surface area (TPSA) is 61.8 Å². The number of likely N-dealkylation sites (tertiary alicyclic amines) is 1. The molecule has 104 valence electrons. The van der Waals surface area contributed by atoms with E-state index in [-0.39, 0.29) is 0 Å². The van der Waals surface area contributed by atoms with Gasteiger partial charge in [-0.3, -0.25) is 5.32 Å². The first-order valence-corrected chi connectivity index (χ1v) is 6.46. The van der Waals surface area contributed by atoms with E-state index < -0.39 is 6.09 Å². The lowest BCUT2D eigenvalue weighted by molar-refractivity contribution is 0.209. The number of rotatable bonds is 3. The van der Waals surface area contributed by atoms with Crippen molar-refractivity contribution in [3.8, 4) is 5.75 Å². The minimum absolute atomic E-state index is 0.492. The molecule has 1 saturated heterocycles. The molecule has 0 bridgehead atoms. The minimum Gasteiger partial charge on any atom is -0.495 e. The van der Waals surface area contributed by atoms with Gasteiger partial charge in [0.2, 0.25) is 0 Å². The first-order valence-electron chi connectivity index (χ1n) is 6.46. The Kier molecular flexibility index (Phi) is 4.27. The van der Waals surface area contributed by atoms with Gasteiger partial charge in [-0.05, 0) is 56.6 Å². The molecule has 0 atom stereocenters. The number of carbonyl (C=O) groups is 1. The Hall–Kier alpha value is -1.75. The Labute approximate surface area is 113 Å². The molecule has 0 unspecified atom stereocenters. The third-order valence-corrected chi connectivity index (χ3v) is 3.66. The second kappa shape index (κ2) is 5.93. The fourth-order valence-electron chi connectivity index (χ4n) is 2.52. The van der Waals surface area contributed by atoms with Gasteiger partial charge < -0.3 is 14.7 Å². The monoisotopic (exact) mass is 264 g/mol. The number of anilines is 1. The maximum Gasteiger partial charge on any atom is 0.409 e. The number of nitrogens with one attached hydrogen (secondary N) is 1. The van der Waals surface area contributed by atoms with Gasteiger partial charge >= 0.3 is 6.09 Å². The molecule has 1 aromatic carbocycles. The smallest absolute Gasteiger partial charge is 0.409 e. The van der Waals surface area contributed by atoms with Crippen molar-refractivity contribution < 1.29 is 14.6 Å². The van der Waals surface area contributed by atoms with Gasteiger partial charge in [0.1, 0.15) is 5.75 Å². The molecule has 0 aliphatic carbocycles. The highest BCUT2D eigenvalue weighted by Gasteiger charge is 2.19. The fraction of sp³-hybridized carbons (Fsp3) is 0.500. The van der Waals surface area contributed by atoms with Crippen LogP contribution in [0.4, 0.5) is 10.5 Å². The highest BCUT2D eigenvalue weighted by Crippen LogP contribution is 2.33. The van der Waals surface area contributed by atoms with Crippen molar-refractivity contribution >= 4 is 11.8 Å². The van der Waals surface area contributed by atoms with Crippen LogP contribution in [0.2, 0.25) is 0 Å². The minimum atomic E-state index is -1.08. The molecule has 0 aromatic heterocycles. The van der Waals surface area contributed by atoms with Crippen LogP contribution in [0.3, 0.4) is 0 Å². The van der Waals surface area contributed by atoms with Gasteiger partial charge in [0.25, 0.3) is 0 Å². The molecule has 1 aromatic rings. The maximum absolute atomic E-state index is 10.7. The van der Waals surface area contributed by atoms with Crippen LogP contribution in [0, 0.1) is 0 Å². The van der Waals surface area contributed by atoms with E-state index in [2.05, 4.69) is 17.3 Å². The number of benzene rings is 1. The second-order valence-corrected chi connectivity index (χ2v) is 4.97. The number of ether oxygens (including phenoxy) is 1. The number of carboxylic acid groups (broad SMARTS) is 1. The molecule has 1 heterocycles. The molecule has 0 spiro atoms. The molecule has 1 fully saturated rings. The summed E-state index contributed by atoms with van der Waals surface area (Å²) in [5, 5.41) is 11.1. The summed E-state index contributed by atoms with van der Waals surface area (Å²) in [5.74, 6) is 1.11. The van der Waals surface area contributed by atoms with Crippen molar-refractivity contribution in [1.29, 1.82) is 0 Å². The lowest BCUT2D eigenvalue weighted by Crippen LogP contribution is -2.29. The van der Waals surface area contributed by atoms with Crippen LogP contribution in [-0.2, 0) is 0 Å². The quantitative estimate of drug-likeness (QED) is 0.881. The highest BCUT2D eigenvalue weighted by atomic mass is 16.5. The van der Waals surface area contributed by atoms with Crippen LogP contribution < -0.4 is 10.1 Å². The summed E-state index contributed by atoms with van der Waals surface area (Å²) >= 11 is 0. The molecule has 2 rings (SSSR count). The Morgan fingerprint density at radius 2 is 2.11 bits per heavy atom. The SMILES string of the molecule is COc1cc(C2CCN(C)CC2)ccc1NC(=O)O. The number of hydrogen-bond donors (Lipinski definition) is 2. The molecule has 1 aliphatic rings. The molecule has 0 radical (unpaired) electrons. The zero-order valence-electron chi connectivity index (χ0n) is 11.3. The normalized spacial score (nSPS) is 17.2. The predicted molar refractivity (Wildman–Crippen MR) is 74.1 cm³/mol. The fourth-order valence-corrected chi connectivity index (χ4v) is 2.52. The van der Waals surface area contributed by atoms with E-state index >= 15 is 0 Å². The van der Waals surface area contributed by atoms with Gasteiger partial charge in [-0.25, -0.2) is 4.79 Å². The second-order valence-electron chi connectivity index (χ2n) is 4.97. The molecule has 5 heteroatoms. The van der Waals surface area contributed by atoms with E-state index in [1.54, 1.807) is 13.2 Å². The van der Waals surface area contributed by atoms with E-state index in [1.807, 2.05) is 12.1 Å². The summed E-state index contributed by atoms with van der Waals surface area (Å²) in [7, 11) is 3.69. The molecule has 19 heavy (non-hydrogen) atoms. The van der Waals surface area contributed by atoms with E-state index in [1.165, 1.54) is 5.56 Å². The van der Waals surface area contributed by atoms with Gasteiger partial charge in [-0.2, -0.15) is 0 Å². The van der Waals surface area contributed by atoms with E-state index in [0.717, 1.165) is 25.9 Å².